The van der Waals surface area contributed by atoms with Crippen molar-refractivity contribution in [3.05, 3.63) is 30.7 Å². The summed E-state index contributed by atoms with van der Waals surface area (Å²) in [4.78, 5) is 0. The van der Waals surface area contributed by atoms with E-state index < -0.39 is 0 Å². The molecule has 0 heterocycles. The number of hydrogen-bond acceptors (Lipinski definition) is 2. The van der Waals surface area contributed by atoms with Crippen LogP contribution in [0.3, 0.4) is 0 Å². The van der Waals surface area contributed by atoms with Crippen LogP contribution in [0.1, 0.15) is 12.0 Å². The molecule has 0 saturated carbocycles. The second-order valence-electron chi connectivity index (χ2n) is 2.62. The van der Waals surface area contributed by atoms with E-state index in [1.807, 2.05) is 19.1 Å². The van der Waals surface area contributed by atoms with E-state index in [1.54, 1.807) is 6.07 Å². The van der Waals surface area contributed by atoms with Crippen molar-refractivity contribution in [3.8, 4) is 11.5 Å². The summed E-state index contributed by atoms with van der Waals surface area (Å²) in [5, 5.41) is 9.48. The molecule has 65 valence electrons. The Kier molecular flexibility index (Phi) is 2.97. The number of rotatable bonds is 3. The third-order valence-corrected chi connectivity index (χ3v) is 1.60. The van der Waals surface area contributed by atoms with Gasteiger partial charge in [0.15, 0.2) is 11.5 Å². The molecule has 1 rings (SSSR count). The van der Waals surface area contributed by atoms with Crippen LogP contribution in [0.15, 0.2) is 18.2 Å². The molecule has 0 fully saturated rings. The highest BCUT2D eigenvalue weighted by atomic mass is 16.5. The van der Waals surface area contributed by atoms with Crippen molar-refractivity contribution in [2.45, 2.75) is 13.3 Å². The zero-order chi connectivity index (χ0) is 8.97. The molecule has 1 radical (unpaired) electrons. The van der Waals surface area contributed by atoms with Crippen LogP contribution in [-0.4, -0.2) is 11.7 Å². The fraction of sp³-hybridized carbons (Fsp3) is 0.300. The third kappa shape index (κ3) is 1.91. The summed E-state index contributed by atoms with van der Waals surface area (Å²) in [6.07, 6.45) is 0.702. The van der Waals surface area contributed by atoms with Crippen LogP contribution in [-0.2, 0) is 0 Å². The van der Waals surface area contributed by atoms with Crippen LogP contribution < -0.4 is 4.74 Å². The summed E-state index contributed by atoms with van der Waals surface area (Å²) in [6, 6.07) is 5.44. The van der Waals surface area contributed by atoms with Gasteiger partial charge < -0.3 is 9.84 Å². The van der Waals surface area contributed by atoms with Crippen molar-refractivity contribution >= 4 is 0 Å². The maximum Gasteiger partial charge on any atom is 0.161 e. The third-order valence-electron chi connectivity index (χ3n) is 1.60. The van der Waals surface area contributed by atoms with E-state index in [-0.39, 0.29) is 5.75 Å². The average Bonchev–Trinajstić information content (AvgIpc) is 2.08. The number of hydrogen-bond donors (Lipinski definition) is 1. The zero-order valence-electron chi connectivity index (χ0n) is 7.21. The maximum atomic E-state index is 9.48. The molecule has 12 heavy (non-hydrogen) atoms. The molecular weight excluding hydrogens is 152 g/mol. The molecule has 1 aromatic rings. The smallest absolute Gasteiger partial charge is 0.161 e. The first kappa shape index (κ1) is 8.91. The Morgan fingerprint density at radius 3 is 2.92 bits per heavy atom. The van der Waals surface area contributed by atoms with Gasteiger partial charge in [0.2, 0.25) is 0 Å². The normalized spacial score (nSPS) is 9.83. The topological polar surface area (TPSA) is 29.5 Å². The molecule has 0 amide bonds. The van der Waals surface area contributed by atoms with Gasteiger partial charge in [0.25, 0.3) is 0 Å². The van der Waals surface area contributed by atoms with Gasteiger partial charge in [0, 0.05) is 0 Å². The Hall–Kier alpha value is -1.18. The molecule has 0 saturated heterocycles. The van der Waals surface area contributed by atoms with Gasteiger partial charge in [-0.05, 0) is 31.9 Å². The van der Waals surface area contributed by atoms with E-state index in [9.17, 15) is 5.11 Å². The molecule has 0 unspecified atom stereocenters. The van der Waals surface area contributed by atoms with E-state index in [0.29, 0.717) is 18.8 Å². The molecule has 0 aliphatic rings. The van der Waals surface area contributed by atoms with Crippen molar-refractivity contribution in [3.63, 3.8) is 0 Å². The van der Waals surface area contributed by atoms with Gasteiger partial charge in [-0.3, -0.25) is 0 Å². The molecule has 0 bridgehead atoms. The van der Waals surface area contributed by atoms with Gasteiger partial charge >= 0.3 is 0 Å². The largest absolute Gasteiger partial charge is 0.504 e. The second-order valence-corrected chi connectivity index (χ2v) is 2.62. The second kappa shape index (κ2) is 4.00. The molecule has 2 heteroatoms. The zero-order valence-corrected chi connectivity index (χ0v) is 7.21. The van der Waals surface area contributed by atoms with Crippen molar-refractivity contribution in [2.24, 2.45) is 0 Å². The Morgan fingerprint density at radius 1 is 1.50 bits per heavy atom. The van der Waals surface area contributed by atoms with Crippen LogP contribution in [0, 0.1) is 13.8 Å². The van der Waals surface area contributed by atoms with E-state index in [1.165, 1.54) is 0 Å². The fourth-order valence-corrected chi connectivity index (χ4v) is 0.931. The molecule has 1 aromatic carbocycles. The van der Waals surface area contributed by atoms with Crippen LogP contribution in [0.4, 0.5) is 0 Å². The van der Waals surface area contributed by atoms with Gasteiger partial charge in [0.05, 0.1) is 6.61 Å². The SMILES string of the molecule is [CH2]CCOc1cccc(C)c1O. The number of phenolic OH excluding ortho intramolecular Hbond substituents is 1. The Labute approximate surface area is 72.8 Å². The Bertz CT molecular complexity index is 256. The molecule has 0 aliphatic carbocycles. The summed E-state index contributed by atoms with van der Waals surface area (Å²) in [5.41, 5.74) is 0.830. The van der Waals surface area contributed by atoms with E-state index in [4.69, 9.17) is 4.74 Å². The molecule has 0 atom stereocenters. The van der Waals surface area contributed by atoms with E-state index in [2.05, 4.69) is 6.92 Å². The summed E-state index contributed by atoms with van der Waals surface area (Å²) < 4.78 is 5.25. The van der Waals surface area contributed by atoms with Crippen molar-refractivity contribution in [1.82, 2.24) is 0 Å². The molecular formula is C10H13O2. The maximum absolute atomic E-state index is 9.48. The van der Waals surface area contributed by atoms with Gasteiger partial charge in [0.1, 0.15) is 0 Å². The van der Waals surface area contributed by atoms with Gasteiger partial charge in [-0.1, -0.05) is 12.1 Å². The van der Waals surface area contributed by atoms with Gasteiger partial charge in [-0.25, -0.2) is 0 Å². The number of ether oxygens (including phenoxy) is 1. The minimum Gasteiger partial charge on any atom is -0.504 e. The lowest BCUT2D eigenvalue weighted by Gasteiger charge is -2.07. The Morgan fingerprint density at radius 2 is 2.25 bits per heavy atom. The quantitative estimate of drug-likeness (QED) is 0.744. The first-order valence-electron chi connectivity index (χ1n) is 3.96. The summed E-state index contributed by atoms with van der Waals surface area (Å²) in [6.45, 7) is 6.02. The summed E-state index contributed by atoms with van der Waals surface area (Å²) >= 11 is 0. The molecule has 0 spiro atoms. The number of aromatic hydroxyl groups is 1. The lowest BCUT2D eigenvalue weighted by Crippen LogP contribution is -1.95. The lowest BCUT2D eigenvalue weighted by atomic mass is 10.2. The Balaban J connectivity index is 2.78. The van der Waals surface area contributed by atoms with E-state index >= 15 is 0 Å². The molecule has 2 nitrogen and oxygen atoms in total. The number of benzene rings is 1. The predicted molar refractivity (Wildman–Crippen MR) is 48.3 cm³/mol. The van der Waals surface area contributed by atoms with Crippen LogP contribution in [0.25, 0.3) is 0 Å². The predicted octanol–water partition coefficient (Wildman–Crippen LogP) is 2.30. The number of aryl methyl sites for hydroxylation is 1. The number of para-hydroxylation sites is 1. The van der Waals surface area contributed by atoms with Crippen molar-refractivity contribution in [1.29, 1.82) is 0 Å². The van der Waals surface area contributed by atoms with E-state index in [0.717, 1.165) is 5.56 Å². The van der Waals surface area contributed by atoms with Crippen LogP contribution in [0.2, 0.25) is 0 Å². The highest BCUT2D eigenvalue weighted by molar-refractivity contribution is 5.44. The summed E-state index contributed by atoms with van der Waals surface area (Å²) in [5.74, 6) is 0.768. The summed E-state index contributed by atoms with van der Waals surface area (Å²) in [7, 11) is 0. The molecule has 0 aromatic heterocycles. The van der Waals surface area contributed by atoms with Crippen LogP contribution >= 0.6 is 0 Å². The standard InChI is InChI=1S/C10H13O2/c1-3-7-12-9-6-4-5-8(2)10(9)11/h4-6,11H,1,3,7H2,2H3. The lowest BCUT2D eigenvalue weighted by molar-refractivity contribution is 0.304. The first-order chi connectivity index (χ1) is 5.75. The highest BCUT2D eigenvalue weighted by Crippen LogP contribution is 2.28. The van der Waals surface area contributed by atoms with Crippen molar-refractivity contribution < 1.29 is 9.84 Å². The molecule has 1 N–H and O–H groups in total. The monoisotopic (exact) mass is 165 g/mol. The van der Waals surface area contributed by atoms with Gasteiger partial charge in [-0.2, -0.15) is 0 Å². The van der Waals surface area contributed by atoms with Crippen LogP contribution in [0.5, 0.6) is 11.5 Å². The average molecular weight is 165 g/mol. The van der Waals surface area contributed by atoms with Crippen molar-refractivity contribution in [2.75, 3.05) is 6.61 Å². The fourth-order valence-electron chi connectivity index (χ4n) is 0.931. The first-order valence-corrected chi connectivity index (χ1v) is 3.96. The highest BCUT2D eigenvalue weighted by Gasteiger charge is 2.02. The minimum absolute atomic E-state index is 0.228. The minimum atomic E-state index is 0.228. The van der Waals surface area contributed by atoms with Gasteiger partial charge in [-0.15, -0.1) is 0 Å². The molecule has 0 aliphatic heterocycles. The number of phenols is 1.